The predicted molar refractivity (Wildman–Crippen MR) is 457 cm³/mol. The molecule has 0 saturated carbocycles. The number of halogens is 1. The number of nitrogens with one attached hydrogen (secondary N) is 7. The molecule has 34 heteroatoms. The van der Waals surface area contributed by atoms with Crippen LogP contribution >= 0.6 is 33.2 Å². The van der Waals surface area contributed by atoms with Crippen molar-refractivity contribution < 1.29 is 96.5 Å². The van der Waals surface area contributed by atoms with Gasteiger partial charge in [0.25, 0.3) is 0 Å². The van der Waals surface area contributed by atoms with Crippen molar-refractivity contribution in [2.24, 2.45) is 23.5 Å². The van der Waals surface area contributed by atoms with Crippen LogP contribution in [0.5, 0.6) is 11.5 Å². The number of methoxy groups -OCH3 is 2. The zero-order valence-corrected chi connectivity index (χ0v) is 72.4. The number of carbonyl (C=O) groups excluding carboxylic acids is 12. The molecule has 31 nitrogen and oxygen atoms in total. The number of aromatic hydroxyl groups is 1. The highest BCUT2D eigenvalue weighted by Crippen LogP contribution is 2.49. The number of aromatic nitrogens is 1. The van der Waals surface area contributed by atoms with E-state index in [0.29, 0.717) is 53.1 Å². The number of ether oxygens (including phenoxy) is 5. The molecule has 3 saturated heterocycles. The van der Waals surface area contributed by atoms with Crippen molar-refractivity contribution in [1.82, 2.24) is 46.7 Å². The second-order valence-electron chi connectivity index (χ2n) is 31.7. The number of alkyl carbamates (subject to hydrolysis) is 1. The van der Waals surface area contributed by atoms with E-state index in [0.717, 1.165) is 26.9 Å². The highest BCUT2D eigenvalue weighted by atomic mass is 35.5. The number of ketones is 2. The van der Waals surface area contributed by atoms with Gasteiger partial charge in [0, 0.05) is 139 Å². The van der Waals surface area contributed by atoms with Gasteiger partial charge in [0.15, 0.2) is 17.3 Å². The zero-order valence-electron chi connectivity index (χ0n) is 70.0. The van der Waals surface area contributed by atoms with E-state index >= 15 is 14.4 Å². The summed E-state index contributed by atoms with van der Waals surface area (Å²) in [5.41, 5.74) is 7.09. The van der Waals surface area contributed by atoms with Crippen LogP contribution in [-0.2, 0) is 97.4 Å². The summed E-state index contributed by atoms with van der Waals surface area (Å²) in [5, 5.41) is 50.8. The number of aliphatic hydroxyl groups excluding tert-OH is 1. The Morgan fingerprint density at radius 1 is 0.785 bits per heavy atom. The molecule has 656 valence electrons. The van der Waals surface area contributed by atoms with Gasteiger partial charge < -0.3 is 91.0 Å². The summed E-state index contributed by atoms with van der Waals surface area (Å²) >= 11 is 6.87. The number of hydrogen-bond donors (Lipinski definition) is 11. The first-order valence-electron chi connectivity index (χ1n) is 40.8. The molecule has 9 amide bonds. The first-order chi connectivity index (χ1) is 57.6. The minimum absolute atomic E-state index is 0.00232. The van der Waals surface area contributed by atoms with Crippen LogP contribution in [0.3, 0.4) is 0 Å². The lowest BCUT2D eigenvalue weighted by molar-refractivity contribution is -0.162. The normalized spacial score (nSPS) is 26.1. The van der Waals surface area contributed by atoms with Crippen LogP contribution in [0, 0.1) is 17.8 Å². The van der Waals surface area contributed by atoms with Crippen molar-refractivity contribution in [3.05, 3.63) is 148 Å². The van der Waals surface area contributed by atoms with Gasteiger partial charge in [-0.05, 0) is 119 Å². The molecule has 0 unspecified atom stereocenters. The average molecular weight is 1730 g/mol. The van der Waals surface area contributed by atoms with Crippen molar-refractivity contribution in [1.29, 1.82) is 0 Å². The van der Waals surface area contributed by atoms with E-state index in [9.17, 15) is 58.5 Å². The fourth-order valence-corrected chi connectivity index (χ4v) is 17.7. The van der Waals surface area contributed by atoms with Crippen LogP contribution in [-0.4, -0.2) is 240 Å². The number of phenolic OH excluding ortho intramolecular Hbond substituents is 1. The molecule has 1 aromatic heterocycles. The average Bonchev–Trinajstić information content (AvgIpc) is 1.57. The topological polar surface area (TPSA) is 439 Å². The SMILES string of the molecule is COc1cc2cc(c1Cl)N(C)C(=O)C[C@H](OC(=O)[C@H](C)N(C)C(=O)CCSSCCC(=O)NCCNC(=O)CC[C@H]1C(=O)C[C@@H](Cc3ccc(O)cc3)C(=O)N[C@H](Cc3c[nH]c4ccccc34)C(=O)C[C@@H](CCCCN)C(=O)N[C@@H]([C@@H](C)O)C(=O)N[C@@H](Cc3ccccc3)C(=O)N1C)[C@]1(C)O[C@H]1[C@H](C)[C@@H]1C[C@@](O)(NC(=O)O1)[C@H](OC)/C=C/C=C(\C)C2. The number of aromatic amines is 1. The fourth-order valence-electron chi connectivity index (χ4n) is 15.4. The Labute approximate surface area is 717 Å². The lowest BCUT2D eigenvalue weighted by Gasteiger charge is -2.42. The van der Waals surface area contributed by atoms with Gasteiger partial charge in [-0.1, -0.05) is 131 Å². The maximum atomic E-state index is 15.3. The number of amides is 9. The summed E-state index contributed by atoms with van der Waals surface area (Å²) in [5.74, 6) is -9.12. The summed E-state index contributed by atoms with van der Waals surface area (Å²) < 4.78 is 29.6. The Morgan fingerprint density at radius 3 is 2.12 bits per heavy atom. The van der Waals surface area contributed by atoms with Gasteiger partial charge in [-0.25, -0.2) is 9.59 Å². The van der Waals surface area contributed by atoms with Gasteiger partial charge >= 0.3 is 12.1 Å². The number of Topliss-reactive ketones (excluding diaryl/α,β-unsaturated/α-hetero) is 2. The highest BCUT2D eigenvalue weighted by Gasteiger charge is 2.65. The summed E-state index contributed by atoms with van der Waals surface area (Å²) in [6, 6.07) is 18.6. The molecule has 5 heterocycles. The fraction of sp³-hybridized carbons (Fsp3) is 0.517. The number of nitrogens with two attached hydrogens (primary N) is 1. The minimum atomic E-state index is -1.92. The molecule has 0 radical (unpaired) electrons. The van der Waals surface area contributed by atoms with E-state index < -0.39 is 174 Å². The van der Waals surface area contributed by atoms with Gasteiger partial charge in [0.05, 0.1) is 43.5 Å². The largest absolute Gasteiger partial charge is 0.508 e. The summed E-state index contributed by atoms with van der Waals surface area (Å²) in [4.78, 5) is 179. The van der Waals surface area contributed by atoms with Gasteiger partial charge in [0.1, 0.15) is 58.6 Å². The molecule has 0 spiro atoms. The van der Waals surface area contributed by atoms with Crippen molar-refractivity contribution >= 4 is 121 Å². The number of benzene rings is 4. The second kappa shape index (κ2) is 44.3. The smallest absolute Gasteiger partial charge is 0.409 e. The van der Waals surface area contributed by atoms with E-state index in [1.807, 2.05) is 37.3 Å². The molecule has 5 aromatic rings. The number of hydrogen-bond acceptors (Lipinski definition) is 23. The number of H-pyrrole nitrogens is 1. The highest BCUT2D eigenvalue weighted by molar-refractivity contribution is 8.76. The van der Waals surface area contributed by atoms with E-state index in [1.165, 1.54) is 92.7 Å². The summed E-state index contributed by atoms with van der Waals surface area (Å²) in [6.45, 7) is 8.33. The predicted octanol–water partition coefficient (Wildman–Crippen LogP) is 6.56. The van der Waals surface area contributed by atoms with E-state index in [4.69, 9.17) is 41.0 Å². The maximum absolute atomic E-state index is 15.3. The summed E-state index contributed by atoms with van der Waals surface area (Å²) in [6.07, 6.45) is -0.507. The number of unbranched alkanes of at least 4 members (excludes halogenated alkanes) is 1. The van der Waals surface area contributed by atoms with Crippen LogP contribution in [0.25, 0.3) is 10.9 Å². The number of epoxide rings is 1. The number of allylic oxidation sites excluding steroid dienone is 3. The van der Waals surface area contributed by atoms with E-state index in [-0.39, 0.29) is 99.9 Å². The molecule has 4 aliphatic heterocycles. The monoisotopic (exact) mass is 1730 g/mol. The molecular weight excluding hydrogens is 1620 g/mol. The molecule has 4 aliphatic rings. The Hall–Kier alpha value is -9.87. The van der Waals surface area contributed by atoms with Gasteiger partial charge in [0.2, 0.25) is 47.3 Å². The molecule has 9 rings (SSSR count). The van der Waals surface area contributed by atoms with Gasteiger partial charge in [-0.3, -0.25) is 53.3 Å². The zero-order chi connectivity index (χ0) is 88.0. The Bertz CT molecular complexity index is 4570. The second-order valence-corrected chi connectivity index (χ2v) is 34.8. The van der Waals surface area contributed by atoms with Crippen LogP contribution in [0.1, 0.15) is 128 Å². The minimum Gasteiger partial charge on any atom is -0.508 e. The van der Waals surface area contributed by atoms with Crippen LogP contribution in [0.4, 0.5) is 10.5 Å². The van der Waals surface area contributed by atoms with Crippen molar-refractivity contribution in [3.8, 4) is 11.5 Å². The maximum Gasteiger partial charge on any atom is 0.409 e. The quantitative estimate of drug-likeness (QED) is 0.0104. The Balaban J connectivity index is 0.816. The standard InChI is InChI=1S/C87H114ClN11O20S2/c1-50-19-18-25-71(116-10)87(114)48-70(117-85(113)96-87)51(2)79-86(5,119-79)72(47-76(107)98(7)66-42-56(39-50)43-69(115-9)77(66)88)118-84(112)52(3)97(6)75(106)33-38-121-120-37-32-74(105)91-36-35-90-73(104)31-30-65-68(103)46-58(40-55-26-28-60(101)29-27-55)81(109)93-63(44-59-49-92-62-24-15-14-23-61(59)62)67(102)45-57(22-16-17-34-89)80(108)95-78(53(4)100)82(110)94-64(83(111)99(65)8)41-54-20-12-11-13-21-54/h11-15,18-21,23-29,42-43,49,51-53,57-58,63-65,70-72,78-79,92,100-101,114H,16-17,22,30-41,44-48,89H2,1-10H3,(H,90,104)(H,91,105)(H,93,109)(H,94,110)(H,95,108)(H,96,113)/b25-18+,50-19+/t51-,52+,53-,57-,58-,63-,64+,65+,70+,71-,72+,78+,79+,86+,87+/m1/s1. The van der Waals surface area contributed by atoms with Gasteiger partial charge in [-0.2, -0.15) is 0 Å². The van der Waals surface area contributed by atoms with Crippen molar-refractivity contribution in [3.63, 3.8) is 0 Å². The third-order valence-electron chi connectivity index (χ3n) is 22.8. The lowest BCUT2D eigenvalue weighted by Crippen LogP contribution is -2.63. The van der Waals surface area contributed by atoms with E-state index in [2.05, 4.69) is 36.9 Å². The molecular formula is C87H114ClN11O20S2. The number of nitrogens with zero attached hydrogens (tertiary/aromatic N) is 3. The molecule has 0 aliphatic carbocycles. The van der Waals surface area contributed by atoms with Crippen LogP contribution in [0.15, 0.2) is 121 Å². The Morgan fingerprint density at radius 2 is 1.44 bits per heavy atom. The number of anilines is 1. The van der Waals surface area contributed by atoms with Crippen molar-refractivity contribution in [2.45, 2.75) is 203 Å². The summed E-state index contributed by atoms with van der Waals surface area (Å²) in [7, 11) is 9.85. The molecule has 4 bridgehead atoms. The molecule has 121 heavy (non-hydrogen) atoms. The Kier molecular flexibility index (Phi) is 34.7. The third-order valence-corrected chi connectivity index (χ3v) is 25.6. The number of carbonyl (C=O) groups is 12. The third kappa shape index (κ3) is 25.9. The number of para-hydroxylation sites is 1. The number of likely N-dealkylation sites (N-methyl/N-ethyl adjacent to an activating group) is 2. The lowest BCUT2D eigenvalue weighted by atomic mass is 9.83. The molecule has 12 N–H and O–H groups in total. The van der Waals surface area contributed by atoms with Gasteiger partial charge in [-0.15, -0.1) is 0 Å². The number of aliphatic hydroxyl groups is 2. The van der Waals surface area contributed by atoms with E-state index in [1.54, 1.807) is 86.8 Å². The van der Waals surface area contributed by atoms with Crippen LogP contribution in [0.2, 0.25) is 5.02 Å². The van der Waals surface area contributed by atoms with Crippen LogP contribution < -0.4 is 47.3 Å². The number of rotatable bonds is 29. The first-order valence-corrected chi connectivity index (χ1v) is 43.6. The molecule has 15 atom stereocenters. The number of esters is 1. The number of fused-ring (bicyclic) bond motifs is 6. The molecule has 4 aromatic carbocycles. The molecule has 3 fully saturated rings. The first kappa shape index (κ1) is 95.0. The van der Waals surface area contributed by atoms with Crippen molar-refractivity contribution in [2.75, 3.05) is 71.4 Å². The number of phenols is 1.